The highest BCUT2D eigenvalue weighted by Gasteiger charge is 2.32. The van der Waals surface area contributed by atoms with Gasteiger partial charge in [0.1, 0.15) is 5.82 Å². The lowest BCUT2D eigenvalue weighted by molar-refractivity contribution is -0.141. The molecule has 1 aliphatic rings. The molecule has 2 atom stereocenters. The van der Waals surface area contributed by atoms with E-state index in [0.717, 1.165) is 12.6 Å². The molecule has 3 nitrogen and oxygen atoms in total. The number of hydrogen-bond acceptors (Lipinski definition) is 3. The van der Waals surface area contributed by atoms with E-state index in [2.05, 4.69) is 22.4 Å². The summed E-state index contributed by atoms with van der Waals surface area (Å²) in [4.78, 5) is 0. The zero-order chi connectivity index (χ0) is 13.9. The lowest BCUT2D eigenvalue weighted by Gasteiger charge is -2.28. The summed E-state index contributed by atoms with van der Waals surface area (Å²) in [6.07, 6.45) is 0.476. The molecule has 0 spiro atoms. The van der Waals surface area contributed by atoms with Crippen LogP contribution >= 0.6 is 0 Å². The van der Waals surface area contributed by atoms with Crippen LogP contribution in [0.25, 0.3) is 0 Å². The van der Waals surface area contributed by atoms with E-state index in [0.29, 0.717) is 17.7 Å². The standard InChI is InChI=1S/C13H18F3N3/c1-9-4-2-3-5-10(9)8-17-12-7-6-11(18-19-12)13(14,15)16/h6-7,9-10H,2-5,8H2,1H3,(H,17,19). The molecule has 19 heavy (non-hydrogen) atoms. The molecule has 1 fully saturated rings. The van der Waals surface area contributed by atoms with Gasteiger partial charge in [-0.15, -0.1) is 10.2 Å². The van der Waals surface area contributed by atoms with Gasteiger partial charge in [-0.05, 0) is 30.4 Å². The monoisotopic (exact) mass is 273 g/mol. The van der Waals surface area contributed by atoms with Crippen LogP contribution in [0.1, 0.15) is 38.3 Å². The lowest BCUT2D eigenvalue weighted by atomic mass is 9.80. The van der Waals surface area contributed by atoms with Crippen molar-refractivity contribution in [2.24, 2.45) is 11.8 Å². The van der Waals surface area contributed by atoms with E-state index < -0.39 is 11.9 Å². The molecule has 106 valence electrons. The predicted molar refractivity (Wildman–Crippen MR) is 66.6 cm³/mol. The maximum Gasteiger partial charge on any atom is 0.435 e. The van der Waals surface area contributed by atoms with Crippen molar-refractivity contribution in [3.8, 4) is 0 Å². The molecular weight excluding hydrogens is 255 g/mol. The minimum Gasteiger partial charge on any atom is -0.368 e. The summed E-state index contributed by atoms with van der Waals surface area (Å²) in [6.45, 7) is 2.98. The van der Waals surface area contributed by atoms with Crippen molar-refractivity contribution >= 4 is 5.82 Å². The third-order valence-electron chi connectivity index (χ3n) is 3.79. The van der Waals surface area contributed by atoms with Crippen LogP contribution < -0.4 is 5.32 Å². The van der Waals surface area contributed by atoms with Gasteiger partial charge < -0.3 is 5.32 Å². The van der Waals surface area contributed by atoms with Crippen molar-refractivity contribution in [3.63, 3.8) is 0 Å². The molecule has 1 aromatic heterocycles. The average molecular weight is 273 g/mol. The maximum atomic E-state index is 12.3. The molecule has 2 unspecified atom stereocenters. The van der Waals surface area contributed by atoms with E-state index in [1.807, 2.05) is 0 Å². The van der Waals surface area contributed by atoms with Crippen molar-refractivity contribution in [2.45, 2.75) is 38.8 Å². The molecule has 2 rings (SSSR count). The highest BCUT2D eigenvalue weighted by atomic mass is 19.4. The first kappa shape index (κ1) is 14.1. The third kappa shape index (κ3) is 3.81. The number of rotatable bonds is 3. The highest BCUT2D eigenvalue weighted by Crippen LogP contribution is 2.30. The number of alkyl halides is 3. The van der Waals surface area contributed by atoms with Crippen LogP contribution in [-0.4, -0.2) is 16.7 Å². The molecule has 6 heteroatoms. The molecule has 0 bridgehead atoms. The Labute approximate surface area is 110 Å². The summed E-state index contributed by atoms with van der Waals surface area (Å²) in [5.41, 5.74) is -0.955. The first-order chi connectivity index (χ1) is 8.97. The van der Waals surface area contributed by atoms with E-state index >= 15 is 0 Å². The van der Waals surface area contributed by atoms with Crippen LogP contribution in [0.2, 0.25) is 0 Å². The van der Waals surface area contributed by atoms with Gasteiger partial charge in [0.2, 0.25) is 0 Å². The number of anilines is 1. The number of nitrogens with zero attached hydrogens (tertiary/aromatic N) is 2. The van der Waals surface area contributed by atoms with Crippen molar-refractivity contribution in [1.82, 2.24) is 10.2 Å². The fourth-order valence-electron chi connectivity index (χ4n) is 2.51. The Morgan fingerprint density at radius 3 is 2.53 bits per heavy atom. The first-order valence-corrected chi connectivity index (χ1v) is 6.61. The zero-order valence-electron chi connectivity index (χ0n) is 10.9. The van der Waals surface area contributed by atoms with Gasteiger partial charge in [-0.25, -0.2) is 0 Å². The van der Waals surface area contributed by atoms with Crippen LogP contribution in [-0.2, 0) is 6.18 Å². The quantitative estimate of drug-likeness (QED) is 0.911. The Hall–Kier alpha value is -1.33. The van der Waals surface area contributed by atoms with Crippen LogP contribution in [0, 0.1) is 11.8 Å². The maximum absolute atomic E-state index is 12.3. The van der Waals surface area contributed by atoms with Gasteiger partial charge in [-0.3, -0.25) is 0 Å². The van der Waals surface area contributed by atoms with Crippen molar-refractivity contribution in [2.75, 3.05) is 11.9 Å². The smallest absolute Gasteiger partial charge is 0.368 e. The number of nitrogens with one attached hydrogen (secondary N) is 1. The fraction of sp³-hybridized carbons (Fsp3) is 0.692. The molecule has 1 saturated carbocycles. The van der Waals surface area contributed by atoms with Gasteiger partial charge in [-0.1, -0.05) is 26.2 Å². The summed E-state index contributed by atoms with van der Waals surface area (Å²) in [5, 5.41) is 9.85. The molecule has 0 aromatic carbocycles. The van der Waals surface area contributed by atoms with Gasteiger partial charge in [0, 0.05) is 6.54 Å². The van der Waals surface area contributed by atoms with E-state index in [1.165, 1.54) is 31.7 Å². The topological polar surface area (TPSA) is 37.8 Å². The number of aromatic nitrogens is 2. The Morgan fingerprint density at radius 2 is 1.95 bits per heavy atom. The average Bonchev–Trinajstić information content (AvgIpc) is 2.37. The summed E-state index contributed by atoms with van der Waals surface area (Å²) in [7, 11) is 0. The SMILES string of the molecule is CC1CCCCC1CNc1ccc(C(F)(F)F)nn1. The van der Waals surface area contributed by atoms with Gasteiger partial charge in [0.25, 0.3) is 0 Å². The normalized spacial score (nSPS) is 24.2. The van der Waals surface area contributed by atoms with Crippen LogP contribution in [0.3, 0.4) is 0 Å². The van der Waals surface area contributed by atoms with E-state index in [9.17, 15) is 13.2 Å². The van der Waals surface area contributed by atoms with Gasteiger partial charge in [0.05, 0.1) is 0 Å². The molecule has 1 aromatic rings. The van der Waals surface area contributed by atoms with E-state index in [-0.39, 0.29) is 0 Å². The third-order valence-corrected chi connectivity index (χ3v) is 3.79. The second-order valence-corrected chi connectivity index (χ2v) is 5.20. The minimum absolute atomic E-state index is 0.408. The summed E-state index contributed by atoms with van der Waals surface area (Å²) < 4.78 is 37.0. The van der Waals surface area contributed by atoms with Crippen molar-refractivity contribution in [1.29, 1.82) is 0 Å². The number of halogens is 3. The molecule has 0 radical (unpaired) electrons. The zero-order valence-corrected chi connectivity index (χ0v) is 10.9. The molecule has 1 N–H and O–H groups in total. The molecule has 0 aliphatic heterocycles. The Morgan fingerprint density at radius 1 is 1.21 bits per heavy atom. The lowest BCUT2D eigenvalue weighted by Crippen LogP contribution is -2.24. The first-order valence-electron chi connectivity index (χ1n) is 6.61. The fourth-order valence-corrected chi connectivity index (χ4v) is 2.51. The van der Waals surface area contributed by atoms with E-state index in [4.69, 9.17) is 0 Å². The molecular formula is C13H18F3N3. The van der Waals surface area contributed by atoms with Gasteiger partial charge in [0.15, 0.2) is 5.69 Å². The molecule has 0 saturated heterocycles. The van der Waals surface area contributed by atoms with Crippen LogP contribution in [0.4, 0.5) is 19.0 Å². The second kappa shape index (κ2) is 5.75. The summed E-state index contributed by atoms with van der Waals surface area (Å²) >= 11 is 0. The Kier molecular flexibility index (Phi) is 4.27. The van der Waals surface area contributed by atoms with E-state index in [1.54, 1.807) is 0 Å². The van der Waals surface area contributed by atoms with Crippen LogP contribution in [0.15, 0.2) is 12.1 Å². The van der Waals surface area contributed by atoms with Crippen LogP contribution in [0.5, 0.6) is 0 Å². The predicted octanol–water partition coefficient (Wildman–Crippen LogP) is 3.73. The molecule has 1 aliphatic carbocycles. The summed E-state index contributed by atoms with van der Waals surface area (Å²) in [5.74, 6) is 1.63. The Bertz CT molecular complexity index is 403. The summed E-state index contributed by atoms with van der Waals surface area (Å²) in [6, 6.07) is 2.29. The Balaban J connectivity index is 1.89. The number of hydrogen-bond donors (Lipinski definition) is 1. The molecule has 1 heterocycles. The van der Waals surface area contributed by atoms with Crippen molar-refractivity contribution in [3.05, 3.63) is 17.8 Å². The molecule has 0 amide bonds. The van der Waals surface area contributed by atoms with Gasteiger partial charge >= 0.3 is 6.18 Å². The van der Waals surface area contributed by atoms with Gasteiger partial charge in [-0.2, -0.15) is 13.2 Å². The largest absolute Gasteiger partial charge is 0.435 e. The highest BCUT2D eigenvalue weighted by molar-refractivity contribution is 5.33. The second-order valence-electron chi connectivity index (χ2n) is 5.20. The minimum atomic E-state index is -4.43. The van der Waals surface area contributed by atoms with Crippen molar-refractivity contribution < 1.29 is 13.2 Å².